The van der Waals surface area contributed by atoms with Crippen molar-refractivity contribution in [2.75, 3.05) is 47.6 Å². The Hall–Kier alpha value is -1.22. The lowest BCUT2D eigenvalue weighted by molar-refractivity contribution is 0.115. The maximum atomic E-state index is 5.72. The van der Waals surface area contributed by atoms with E-state index in [9.17, 15) is 0 Å². The molecule has 0 heterocycles. The van der Waals surface area contributed by atoms with Gasteiger partial charge in [-0.2, -0.15) is 0 Å². The summed E-state index contributed by atoms with van der Waals surface area (Å²) >= 11 is 0. The number of likely N-dealkylation sites (N-methyl/N-ethyl adjacent to an activating group) is 1. The van der Waals surface area contributed by atoms with Crippen LogP contribution in [0.5, 0.6) is 11.5 Å². The van der Waals surface area contributed by atoms with Crippen LogP contribution in [-0.4, -0.2) is 58.4 Å². The number of ether oxygens (including phenoxy) is 3. The number of guanidine groups is 1. The predicted molar refractivity (Wildman–Crippen MR) is 116 cm³/mol. The molecule has 6 nitrogen and oxygen atoms in total. The number of aliphatic imine (C=N–C) groups is 1. The van der Waals surface area contributed by atoms with E-state index in [0.29, 0.717) is 6.54 Å². The molecule has 0 aliphatic heterocycles. The van der Waals surface area contributed by atoms with Crippen LogP contribution >= 0.6 is 24.0 Å². The van der Waals surface area contributed by atoms with Gasteiger partial charge in [0.25, 0.3) is 0 Å². The number of hydrogen-bond donors (Lipinski definition) is 1. The third kappa shape index (κ3) is 7.57. The molecular formula is C19H32IN3O3. The highest BCUT2D eigenvalue weighted by atomic mass is 127. The Morgan fingerprint density at radius 1 is 1.27 bits per heavy atom. The van der Waals surface area contributed by atoms with E-state index in [1.807, 2.05) is 25.2 Å². The van der Waals surface area contributed by atoms with Crippen LogP contribution in [0.15, 0.2) is 23.2 Å². The largest absolute Gasteiger partial charge is 0.497 e. The maximum absolute atomic E-state index is 5.72. The number of hydrogen-bond acceptors (Lipinski definition) is 4. The Bertz CT molecular complexity index is 565. The van der Waals surface area contributed by atoms with E-state index in [-0.39, 0.29) is 24.0 Å². The molecular weight excluding hydrogens is 445 g/mol. The van der Waals surface area contributed by atoms with Crippen molar-refractivity contribution in [3.8, 4) is 11.5 Å². The van der Waals surface area contributed by atoms with E-state index < -0.39 is 0 Å². The minimum atomic E-state index is 0. The van der Waals surface area contributed by atoms with Gasteiger partial charge < -0.3 is 24.4 Å². The molecule has 1 aromatic carbocycles. The number of nitrogens with one attached hydrogen (secondary N) is 1. The number of methoxy groups -OCH3 is 2. The lowest BCUT2D eigenvalue weighted by atomic mass is 10.2. The standard InChI is InChI=1S/C19H31N3O3.HI/c1-5-20-19(22(2)10-11-25-14-15-6-7-15)21-13-16-8-9-17(23-3)12-18(16)24-4;/h8-9,12,15H,5-7,10-11,13-14H2,1-4H3,(H,20,21);1H. The van der Waals surface area contributed by atoms with Crippen LogP contribution in [0.25, 0.3) is 0 Å². The molecule has 26 heavy (non-hydrogen) atoms. The molecule has 1 saturated carbocycles. The second-order valence-corrected chi connectivity index (χ2v) is 6.29. The van der Waals surface area contributed by atoms with E-state index >= 15 is 0 Å². The van der Waals surface area contributed by atoms with Crippen LogP contribution in [0, 0.1) is 5.92 Å². The van der Waals surface area contributed by atoms with Gasteiger partial charge >= 0.3 is 0 Å². The number of benzene rings is 1. The summed E-state index contributed by atoms with van der Waals surface area (Å²) in [5.74, 6) is 3.24. The molecule has 0 bridgehead atoms. The van der Waals surface area contributed by atoms with Crippen molar-refractivity contribution in [1.82, 2.24) is 10.2 Å². The molecule has 0 unspecified atom stereocenters. The third-order valence-corrected chi connectivity index (χ3v) is 4.21. The quantitative estimate of drug-likeness (QED) is 0.243. The third-order valence-electron chi connectivity index (χ3n) is 4.21. The topological polar surface area (TPSA) is 55.3 Å². The first-order valence-electron chi connectivity index (χ1n) is 8.96. The van der Waals surface area contributed by atoms with Crippen LogP contribution in [0.2, 0.25) is 0 Å². The Kier molecular flexibility index (Phi) is 10.7. The van der Waals surface area contributed by atoms with Gasteiger partial charge in [-0.25, -0.2) is 4.99 Å². The molecule has 148 valence electrons. The van der Waals surface area contributed by atoms with Crippen LogP contribution in [-0.2, 0) is 11.3 Å². The van der Waals surface area contributed by atoms with Crippen molar-refractivity contribution in [3.63, 3.8) is 0 Å². The Labute approximate surface area is 174 Å². The Balaban J connectivity index is 0.00000338. The zero-order chi connectivity index (χ0) is 18.1. The zero-order valence-electron chi connectivity index (χ0n) is 16.3. The van der Waals surface area contributed by atoms with Crippen LogP contribution in [0.4, 0.5) is 0 Å². The molecule has 1 aliphatic carbocycles. The first kappa shape index (κ1) is 22.8. The molecule has 2 rings (SSSR count). The summed E-state index contributed by atoms with van der Waals surface area (Å²) in [6.45, 7) is 5.88. The molecule has 0 atom stereocenters. The normalized spacial score (nSPS) is 13.8. The SMILES string of the molecule is CCNC(=NCc1ccc(OC)cc1OC)N(C)CCOCC1CC1.I. The Morgan fingerprint density at radius 3 is 2.65 bits per heavy atom. The second-order valence-electron chi connectivity index (χ2n) is 6.29. The minimum Gasteiger partial charge on any atom is -0.497 e. The van der Waals surface area contributed by atoms with E-state index in [1.165, 1.54) is 12.8 Å². The van der Waals surface area contributed by atoms with Gasteiger partial charge in [0.15, 0.2) is 5.96 Å². The van der Waals surface area contributed by atoms with Crippen molar-refractivity contribution >= 4 is 29.9 Å². The molecule has 0 aromatic heterocycles. The fourth-order valence-electron chi connectivity index (χ4n) is 2.45. The predicted octanol–water partition coefficient (Wildman–Crippen LogP) is 3.15. The first-order chi connectivity index (χ1) is 12.2. The van der Waals surface area contributed by atoms with Crippen molar-refractivity contribution in [1.29, 1.82) is 0 Å². The summed E-state index contributed by atoms with van der Waals surface area (Å²) in [5.41, 5.74) is 1.03. The molecule has 0 saturated heterocycles. The van der Waals surface area contributed by atoms with E-state index in [4.69, 9.17) is 19.2 Å². The summed E-state index contributed by atoms with van der Waals surface area (Å²) in [4.78, 5) is 6.83. The summed E-state index contributed by atoms with van der Waals surface area (Å²) in [6.07, 6.45) is 2.65. The average molecular weight is 477 g/mol. The van der Waals surface area contributed by atoms with Gasteiger partial charge in [-0.1, -0.05) is 0 Å². The summed E-state index contributed by atoms with van der Waals surface area (Å²) in [7, 11) is 5.35. The first-order valence-corrected chi connectivity index (χ1v) is 8.96. The Morgan fingerprint density at radius 2 is 2.04 bits per heavy atom. The van der Waals surface area contributed by atoms with E-state index in [2.05, 4.69) is 17.1 Å². The summed E-state index contributed by atoms with van der Waals surface area (Å²) in [5, 5.41) is 3.33. The van der Waals surface area contributed by atoms with Gasteiger partial charge in [-0.3, -0.25) is 0 Å². The van der Waals surface area contributed by atoms with Crippen LogP contribution < -0.4 is 14.8 Å². The zero-order valence-corrected chi connectivity index (χ0v) is 18.6. The highest BCUT2D eigenvalue weighted by Gasteiger charge is 2.21. The van der Waals surface area contributed by atoms with Gasteiger partial charge in [0, 0.05) is 38.4 Å². The van der Waals surface area contributed by atoms with Crippen molar-refractivity contribution in [2.45, 2.75) is 26.3 Å². The molecule has 1 aromatic rings. The van der Waals surface area contributed by atoms with Gasteiger partial charge in [-0.15, -0.1) is 24.0 Å². The van der Waals surface area contributed by atoms with E-state index in [0.717, 1.165) is 55.2 Å². The lowest BCUT2D eigenvalue weighted by Crippen LogP contribution is -2.40. The fraction of sp³-hybridized carbons (Fsp3) is 0.632. The van der Waals surface area contributed by atoms with Gasteiger partial charge in [0.2, 0.25) is 0 Å². The van der Waals surface area contributed by atoms with Crippen LogP contribution in [0.1, 0.15) is 25.3 Å². The smallest absolute Gasteiger partial charge is 0.194 e. The summed E-state index contributed by atoms with van der Waals surface area (Å²) < 4.78 is 16.4. The number of nitrogens with zero attached hydrogens (tertiary/aromatic N) is 2. The molecule has 0 amide bonds. The van der Waals surface area contributed by atoms with E-state index in [1.54, 1.807) is 14.2 Å². The van der Waals surface area contributed by atoms with Gasteiger partial charge in [0.05, 0.1) is 27.4 Å². The second kappa shape index (κ2) is 12.2. The molecule has 0 radical (unpaired) electrons. The van der Waals surface area contributed by atoms with Crippen molar-refractivity contribution < 1.29 is 14.2 Å². The molecule has 7 heteroatoms. The van der Waals surface area contributed by atoms with Gasteiger partial charge in [-0.05, 0) is 37.8 Å². The molecule has 1 aliphatic rings. The van der Waals surface area contributed by atoms with Crippen molar-refractivity contribution in [3.05, 3.63) is 23.8 Å². The van der Waals surface area contributed by atoms with Crippen molar-refractivity contribution in [2.24, 2.45) is 10.9 Å². The highest BCUT2D eigenvalue weighted by molar-refractivity contribution is 14.0. The van der Waals surface area contributed by atoms with Gasteiger partial charge in [0.1, 0.15) is 11.5 Å². The molecule has 1 fully saturated rings. The van der Waals surface area contributed by atoms with Crippen LogP contribution in [0.3, 0.4) is 0 Å². The minimum absolute atomic E-state index is 0. The average Bonchev–Trinajstić information content (AvgIpc) is 3.46. The molecule has 1 N–H and O–H groups in total. The fourth-order valence-corrected chi connectivity index (χ4v) is 2.45. The highest BCUT2D eigenvalue weighted by Crippen LogP contribution is 2.28. The maximum Gasteiger partial charge on any atom is 0.194 e. The lowest BCUT2D eigenvalue weighted by Gasteiger charge is -2.22. The monoisotopic (exact) mass is 477 g/mol. The molecule has 0 spiro atoms. The summed E-state index contributed by atoms with van der Waals surface area (Å²) in [6, 6.07) is 5.80. The number of rotatable bonds is 10. The number of halogens is 1.